The predicted molar refractivity (Wildman–Crippen MR) is 131 cm³/mol. The van der Waals surface area contributed by atoms with Crippen LogP contribution in [0.25, 0.3) is 0 Å². The SMILES string of the molecule is CN=C(NCCCCN1CCN(Cc2ccccc2)CC1)NCCCOCC1CCCO1. The van der Waals surface area contributed by atoms with Crippen LogP contribution in [0.2, 0.25) is 0 Å². The molecule has 2 N–H and O–H groups in total. The fourth-order valence-corrected chi connectivity index (χ4v) is 4.27. The highest BCUT2D eigenvalue weighted by Crippen LogP contribution is 2.12. The van der Waals surface area contributed by atoms with Gasteiger partial charge in [-0.1, -0.05) is 30.3 Å². The first-order valence-electron chi connectivity index (χ1n) is 12.5. The van der Waals surface area contributed by atoms with E-state index in [1.54, 1.807) is 0 Å². The summed E-state index contributed by atoms with van der Waals surface area (Å²) in [5, 5.41) is 6.80. The lowest BCUT2D eigenvalue weighted by atomic mass is 10.2. The van der Waals surface area contributed by atoms with E-state index in [1.807, 2.05) is 7.05 Å². The van der Waals surface area contributed by atoms with Crippen LogP contribution in [-0.2, 0) is 16.0 Å². The second-order valence-corrected chi connectivity index (χ2v) is 8.80. The molecule has 7 heteroatoms. The summed E-state index contributed by atoms with van der Waals surface area (Å²) in [6, 6.07) is 10.8. The number of unbranched alkanes of at least 4 members (excludes halogenated alkanes) is 1. The summed E-state index contributed by atoms with van der Waals surface area (Å²) < 4.78 is 11.3. The van der Waals surface area contributed by atoms with Crippen molar-refractivity contribution in [1.82, 2.24) is 20.4 Å². The van der Waals surface area contributed by atoms with Gasteiger partial charge in [0, 0.05) is 66.1 Å². The van der Waals surface area contributed by atoms with Crippen LogP contribution in [0.15, 0.2) is 35.3 Å². The van der Waals surface area contributed by atoms with Gasteiger partial charge in [-0.25, -0.2) is 0 Å². The van der Waals surface area contributed by atoms with Gasteiger partial charge in [0.1, 0.15) is 0 Å². The lowest BCUT2D eigenvalue weighted by Gasteiger charge is -2.34. The normalized spacial score (nSPS) is 20.5. The highest BCUT2D eigenvalue weighted by molar-refractivity contribution is 5.79. The largest absolute Gasteiger partial charge is 0.379 e. The molecular formula is C25H43N5O2. The number of ether oxygens (including phenoxy) is 2. The van der Waals surface area contributed by atoms with Gasteiger partial charge in [0.05, 0.1) is 12.7 Å². The molecule has 1 aromatic rings. The van der Waals surface area contributed by atoms with Crippen molar-refractivity contribution in [2.24, 2.45) is 4.99 Å². The Morgan fingerprint density at radius 3 is 2.50 bits per heavy atom. The van der Waals surface area contributed by atoms with E-state index in [-0.39, 0.29) is 0 Å². The zero-order valence-electron chi connectivity index (χ0n) is 19.9. The van der Waals surface area contributed by atoms with Crippen LogP contribution in [0, 0.1) is 0 Å². The van der Waals surface area contributed by atoms with Gasteiger partial charge in [-0.15, -0.1) is 0 Å². The summed E-state index contributed by atoms with van der Waals surface area (Å²) in [4.78, 5) is 9.49. The van der Waals surface area contributed by atoms with Crippen molar-refractivity contribution in [1.29, 1.82) is 0 Å². The number of nitrogens with zero attached hydrogens (tertiary/aromatic N) is 3. The molecule has 3 rings (SSSR count). The van der Waals surface area contributed by atoms with E-state index in [4.69, 9.17) is 9.47 Å². The molecule has 7 nitrogen and oxygen atoms in total. The standard InChI is InChI=1S/C25H43N5O2/c1-26-25(28-13-8-19-31-22-24-11-7-20-32-24)27-12-5-6-14-29-15-17-30(18-16-29)21-23-9-3-2-4-10-23/h2-4,9-10,24H,5-8,11-22H2,1H3,(H2,26,27,28). The van der Waals surface area contributed by atoms with Gasteiger partial charge in [-0.05, 0) is 44.2 Å². The van der Waals surface area contributed by atoms with Gasteiger partial charge < -0.3 is 25.0 Å². The van der Waals surface area contributed by atoms with Crippen molar-refractivity contribution >= 4 is 5.96 Å². The Kier molecular flexibility index (Phi) is 11.9. The molecule has 0 radical (unpaired) electrons. The van der Waals surface area contributed by atoms with Crippen LogP contribution in [0.1, 0.15) is 37.7 Å². The maximum Gasteiger partial charge on any atom is 0.190 e. The number of nitrogens with one attached hydrogen (secondary N) is 2. The third-order valence-corrected chi connectivity index (χ3v) is 6.22. The number of guanidine groups is 1. The fraction of sp³-hybridized carbons (Fsp3) is 0.720. The Hall–Kier alpha value is -1.67. The molecule has 0 amide bonds. The Morgan fingerprint density at radius 2 is 1.78 bits per heavy atom. The quantitative estimate of drug-likeness (QED) is 0.276. The van der Waals surface area contributed by atoms with E-state index < -0.39 is 0 Å². The minimum absolute atomic E-state index is 0.315. The van der Waals surface area contributed by atoms with E-state index in [0.717, 1.165) is 64.7 Å². The van der Waals surface area contributed by atoms with E-state index in [1.165, 1.54) is 51.1 Å². The molecule has 32 heavy (non-hydrogen) atoms. The monoisotopic (exact) mass is 445 g/mol. The van der Waals surface area contributed by atoms with Crippen molar-refractivity contribution < 1.29 is 9.47 Å². The van der Waals surface area contributed by atoms with Crippen LogP contribution in [-0.4, -0.2) is 94.5 Å². The van der Waals surface area contributed by atoms with Gasteiger partial charge in [-0.2, -0.15) is 0 Å². The molecule has 0 spiro atoms. The smallest absolute Gasteiger partial charge is 0.190 e. The molecule has 2 aliphatic rings. The highest BCUT2D eigenvalue weighted by atomic mass is 16.5. The van der Waals surface area contributed by atoms with Crippen molar-refractivity contribution in [2.45, 2.75) is 44.8 Å². The van der Waals surface area contributed by atoms with Crippen LogP contribution < -0.4 is 10.6 Å². The van der Waals surface area contributed by atoms with E-state index in [0.29, 0.717) is 6.10 Å². The number of benzene rings is 1. The van der Waals surface area contributed by atoms with Gasteiger partial charge >= 0.3 is 0 Å². The van der Waals surface area contributed by atoms with Crippen LogP contribution in [0.4, 0.5) is 0 Å². The number of aliphatic imine (C=N–C) groups is 1. The van der Waals surface area contributed by atoms with Crippen molar-refractivity contribution in [3.05, 3.63) is 35.9 Å². The first-order chi connectivity index (χ1) is 15.8. The average molecular weight is 446 g/mol. The molecular weight excluding hydrogens is 402 g/mol. The Balaban J connectivity index is 1.14. The molecule has 2 fully saturated rings. The van der Waals surface area contributed by atoms with E-state index in [9.17, 15) is 0 Å². The van der Waals surface area contributed by atoms with E-state index in [2.05, 4.69) is 55.8 Å². The second-order valence-electron chi connectivity index (χ2n) is 8.80. The van der Waals surface area contributed by atoms with Crippen LogP contribution in [0.5, 0.6) is 0 Å². The summed E-state index contributed by atoms with van der Waals surface area (Å²) in [5.74, 6) is 0.888. The van der Waals surface area contributed by atoms with Crippen molar-refractivity contribution in [3.63, 3.8) is 0 Å². The lowest BCUT2D eigenvalue weighted by molar-refractivity contribution is 0.0168. The first kappa shape index (κ1) is 25.0. The van der Waals surface area contributed by atoms with Crippen LogP contribution >= 0.6 is 0 Å². The second kappa shape index (κ2) is 15.2. The van der Waals surface area contributed by atoms with Crippen LogP contribution in [0.3, 0.4) is 0 Å². The number of hydrogen-bond acceptors (Lipinski definition) is 5. The molecule has 2 heterocycles. The molecule has 0 aromatic heterocycles. The molecule has 1 aromatic carbocycles. The van der Waals surface area contributed by atoms with Gasteiger partial charge in [0.2, 0.25) is 0 Å². The number of rotatable bonds is 13. The Morgan fingerprint density at radius 1 is 1.03 bits per heavy atom. The van der Waals surface area contributed by atoms with Gasteiger partial charge in [-0.3, -0.25) is 9.89 Å². The maximum absolute atomic E-state index is 5.71. The highest BCUT2D eigenvalue weighted by Gasteiger charge is 2.16. The Bertz CT molecular complexity index is 628. The van der Waals surface area contributed by atoms with Gasteiger partial charge in [0.25, 0.3) is 0 Å². The molecule has 2 saturated heterocycles. The third-order valence-electron chi connectivity index (χ3n) is 6.22. The maximum atomic E-state index is 5.71. The zero-order chi connectivity index (χ0) is 22.3. The molecule has 0 bridgehead atoms. The first-order valence-corrected chi connectivity index (χ1v) is 12.5. The summed E-state index contributed by atoms with van der Waals surface area (Å²) in [6.07, 6.45) is 5.98. The fourth-order valence-electron chi connectivity index (χ4n) is 4.27. The van der Waals surface area contributed by atoms with E-state index >= 15 is 0 Å². The molecule has 0 saturated carbocycles. The number of hydrogen-bond donors (Lipinski definition) is 2. The third kappa shape index (κ3) is 9.86. The molecule has 180 valence electrons. The lowest BCUT2D eigenvalue weighted by Crippen LogP contribution is -2.46. The minimum Gasteiger partial charge on any atom is -0.379 e. The summed E-state index contributed by atoms with van der Waals surface area (Å²) in [6.45, 7) is 11.2. The summed E-state index contributed by atoms with van der Waals surface area (Å²) in [7, 11) is 1.83. The summed E-state index contributed by atoms with van der Waals surface area (Å²) in [5.41, 5.74) is 1.42. The minimum atomic E-state index is 0.315. The van der Waals surface area contributed by atoms with Gasteiger partial charge in [0.15, 0.2) is 5.96 Å². The Labute approximate surface area is 194 Å². The molecule has 1 unspecified atom stereocenters. The molecule has 2 aliphatic heterocycles. The number of piperazine rings is 1. The molecule has 0 aliphatic carbocycles. The average Bonchev–Trinajstić information content (AvgIpc) is 3.35. The molecule has 1 atom stereocenters. The predicted octanol–water partition coefficient (Wildman–Crippen LogP) is 2.34. The van der Waals surface area contributed by atoms with Crippen molar-refractivity contribution in [3.8, 4) is 0 Å². The summed E-state index contributed by atoms with van der Waals surface area (Å²) >= 11 is 0. The zero-order valence-corrected chi connectivity index (χ0v) is 19.9. The van der Waals surface area contributed by atoms with Crippen molar-refractivity contribution in [2.75, 3.05) is 72.7 Å². The topological polar surface area (TPSA) is 61.4 Å².